The average Bonchev–Trinajstić information content (AvgIpc) is 2.90. The minimum atomic E-state index is -1.84. The monoisotopic (exact) mass is 681 g/mol. The summed E-state index contributed by atoms with van der Waals surface area (Å²) in [5, 5.41) is 4.03. The second kappa shape index (κ2) is 21.4. The van der Waals surface area contributed by atoms with E-state index in [1.807, 2.05) is 6.92 Å². The molecule has 0 aliphatic heterocycles. The highest BCUT2D eigenvalue weighted by Gasteiger charge is 2.39. The van der Waals surface area contributed by atoms with Gasteiger partial charge in [-0.05, 0) is 93.3 Å². The van der Waals surface area contributed by atoms with Crippen LogP contribution in [-0.4, -0.2) is 97.5 Å². The van der Waals surface area contributed by atoms with Gasteiger partial charge in [-0.25, -0.2) is 9.34 Å². The molecular formula is C33H72N3O5PSSi. The summed E-state index contributed by atoms with van der Waals surface area (Å²) >= 11 is 1.34. The Hall–Kier alpha value is 0.387. The number of carbonyl (C=O) groups excluding carboxylic acids is 1. The van der Waals surface area contributed by atoms with Crippen LogP contribution in [0.1, 0.15) is 116 Å². The Labute approximate surface area is 279 Å². The van der Waals surface area contributed by atoms with Crippen molar-refractivity contribution in [2.75, 3.05) is 38.7 Å². The topological polar surface area (TPSA) is 72.5 Å². The third-order valence-electron chi connectivity index (χ3n) is 8.54. The molecule has 0 saturated heterocycles. The van der Waals surface area contributed by atoms with Gasteiger partial charge in [-0.2, -0.15) is 0 Å². The summed E-state index contributed by atoms with van der Waals surface area (Å²) in [6, 6.07) is 1.37. The molecule has 0 bridgehead atoms. The Morgan fingerprint density at radius 3 is 1.77 bits per heavy atom. The van der Waals surface area contributed by atoms with Gasteiger partial charge in [-0.1, -0.05) is 46.4 Å². The lowest BCUT2D eigenvalue weighted by Gasteiger charge is -2.45. The number of rotatable bonds is 24. The van der Waals surface area contributed by atoms with Crippen LogP contribution in [0.3, 0.4) is 0 Å². The first kappa shape index (κ1) is 44.4. The second-order valence-electron chi connectivity index (χ2n) is 14.4. The highest BCUT2D eigenvalue weighted by Crippen LogP contribution is 2.50. The van der Waals surface area contributed by atoms with E-state index in [1.165, 1.54) is 11.8 Å². The predicted octanol–water partition coefficient (Wildman–Crippen LogP) is 8.67. The Bertz CT molecular complexity index is 743. The van der Waals surface area contributed by atoms with Crippen molar-refractivity contribution in [3.05, 3.63) is 0 Å². The molecule has 0 aliphatic carbocycles. The van der Waals surface area contributed by atoms with Crippen molar-refractivity contribution in [3.8, 4) is 0 Å². The number of hydrogen-bond donors (Lipinski definition) is 1. The molecule has 0 aromatic carbocycles. The van der Waals surface area contributed by atoms with Crippen molar-refractivity contribution in [2.24, 2.45) is 0 Å². The molecule has 0 aromatic heterocycles. The zero-order valence-corrected chi connectivity index (χ0v) is 34.3. The summed E-state index contributed by atoms with van der Waals surface area (Å²) in [7, 11) is -2.86. The van der Waals surface area contributed by atoms with Crippen molar-refractivity contribution in [1.82, 2.24) is 14.7 Å². The summed E-state index contributed by atoms with van der Waals surface area (Å²) in [6.07, 6.45) is 1.94. The van der Waals surface area contributed by atoms with E-state index in [2.05, 4.69) is 118 Å². The van der Waals surface area contributed by atoms with Crippen LogP contribution < -0.4 is 5.32 Å². The molecule has 1 atom stereocenters. The Morgan fingerprint density at radius 2 is 1.36 bits per heavy atom. The van der Waals surface area contributed by atoms with E-state index >= 15 is 0 Å². The van der Waals surface area contributed by atoms with Crippen LogP contribution in [-0.2, 0) is 23.2 Å². The molecule has 0 heterocycles. The Morgan fingerprint density at radius 1 is 0.864 bits per heavy atom. The molecule has 44 heavy (non-hydrogen) atoms. The van der Waals surface area contributed by atoms with Crippen molar-refractivity contribution in [1.29, 1.82) is 0 Å². The van der Waals surface area contributed by atoms with Gasteiger partial charge in [-0.15, -0.1) is 0 Å². The molecule has 0 saturated carbocycles. The molecule has 0 spiro atoms. The number of hydrogen-bond acceptors (Lipinski definition) is 9. The van der Waals surface area contributed by atoms with Gasteiger partial charge in [-0.3, -0.25) is 4.79 Å². The van der Waals surface area contributed by atoms with Crippen LogP contribution in [0.4, 0.5) is 0 Å². The van der Waals surface area contributed by atoms with E-state index in [9.17, 15) is 4.79 Å². The third-order valence-corrected chi connectivity index (χ3v) is 16.9. The average molecular weight is 682 g/mol. The Kier molecular flexibility index (Phi) is 21.6. The number of ether oxygens (including phenoxy) is 2. The van der Waals surface area contributed by atoms with Gasteiger partial charge in [0.05, 0.1) is 13.2 Å². The maximum atomic E-state index is 12.7. The fourth-order valence-corrected chi connectivity index (χ4v) is 8.88. The lowest BCUT2D eigenvalue weighted by atomic mass is 9.94. The van der Waals surface area contributed by atoms with E-state index in [4.69, 9.17) is 18.4 Å². The molecule has 0 aromatic rings. The smallest absolute Gasteiger partial charge is 0.192 e. The predicted molar refractivity (Wildman–Crippen MR) is 195 cm³/mol. The maximum Gasteiger partial charge on any atom is 0.192 e. The number of carbonyl (C=O) groups is 1. The fraction of sp³-hybridized carbons (Fsp3) is 0.970. The molecule has 11 heteroatoms. The molecule has 0 amide bonds. The van der Waals surface area contributed by atoms with Gasteiger partial charge in [0.25, 0.3) is 0 Å². The van der Waals surface area contributed by atoms with Crippen molar-refractivity contribution >= 4 is 33.6 Å². The maximum absolute atomic E-state index is 12.7. The summed E-state index contributed by atoms with van der Waals surface area (Å²) in [5.41, 5.74) is -0.102. The summed E-state index contributed by atoms with van der Waals surface area (Å²) in [6.45, 7) is 38.3. The zero-order valence-electron chi connectivity index (χ0n) is 31.5. The van der Waals surface area contributed by atoms with E-state index in [1.54, 1.807) is 0 Å². The van der Waals surface area contributed by atoms with Crippen LogP contribution >= 0.6 is 20.2 Å². The molecule has 0 aliphatic rings. The Balaban J connectivity index is 5.00. The van der Waals surface area contributed by atoms with Gasteiger partial charge < -0.3 is 23.7 Å². The van der Waals surface area contributed by atoms with Crippen LogP contribution in [0, 0.1) is 0 Å². The third kappa shape index (κ3) is 15.5. The zero-order chi connectivity index (χ0) is 34.3. The van der Waals surface area contributed by atoms with Gasteiger partial charge in [0, 0.05) is 55.0 Å². The second-order valence-corrected chi connectivity index (χ2v) is 22.0. The minimum Gasteiger partial charge on any atom is -0.415 e. The van der Waals surface area contributed by atoms with Crippen molar-refractivity contribution in [2.45, 2.75) is 170 Å². The first-order valence-electron chi connectivity index (χ1n) is 17.1. The lowest BCUT2D eigenvalue weighted by molar-refractivity contribution is -0.152. The molecule has 0 fully saturated rings. The minimum absolute atomic E-state index is 0.102. The van der Waals surface area contributed by atoms with Crippen molar-refractivity contribution < 1.29 is 23.2 Å². The SMILES string of the molecule is CCOC(COP(N(C(C)C)C(C)C)N(C(C)C)C(C)C)OCCSC(=O)CCNC(CC)(CC)CO[Si](C)(C)C(C)(C)C. The van der Waals surface area contributed by atoms with E-state index in [-0.39, 0.29) is 15.7 Å². The quantitative estimate of drug-likeness (QED) is 0.0466. The number of nitrogens with one attached hydrogen (secondary N) is 1. The fourth-order valence-electron chi connectivity index (χ4n) is 4.82. The molecule has 0 radical (unpaired) electrons. The molecular weight excluding hydrogens is 610 g/mol. The number of thioether (sulfide) groups is 1. The summed E-state index contributed by atoms with van der Waals surface area (Å²) < 4.78 is 30.1. The standard InChI is InChI=1S/C33H72N3O5PSSi/c1-17-33(18-2,25-41-44(15,16)32(12,13)14)34-21-20-30(37)43-23-22-39-31(38-19-3)24-40-42(35(26(4)5)27(6)7)36(28(8)9)29(10)11/h26-29,31,34H,17-25H2,1-16H3. The van der Waals surface area contributed by atoms with Crippen LogP contribution in [0.5, 0.6) is 0 Å². The molecule has 0 rings (SSSR count). The van der Waals surface area contributed by atoms with Gasteiger partial charge >= 0.3 is 0 Å². The van der Waals surface area contributed by atoms with E-state index < -0.39 is 23.1 Å². The number of nitrogens with zero attached hydrogens (tertiary/aromatic N) is 2. The largest absolute Gasteiger partial charge is 0.415 e. The molecule has 1 N–H and O–H groups in total. The van der Waals surface area contributed by atoms with Gasteiger partial charge in [0.15, 0.2) is 28.2 Å². The summed E-state index contributed by atoms with van der Waals surface area (Å²) in [4.78, 5) is 12.7. The van der Waals surface area contributed by atoms with Crippen LogP contribution in [0.2, 0.25) is 18.1 Å². The van der Waals surface area contributed by atoms with E-state index in [0.29, 0.717) is 69.3 Å². The highest BCUT2D eigenvalue weighted by atomic mass is 32.2. The first-order valence-corrected chi connectivity index (χ1v) is 22.1. The molecule has 8 nitrogen and oxygen atoms in total. The molecule has 264 valence electrons. The van der Waals surface area contributed by atoms with Crippen LogP contribution in [0.25, 0.3) is 0 Å². The lowest BCUT2D eigenvalue weighted by Crippen LogP contribution is -2.53. The molecule has 1 unspecified atom stereocenters. The first-order chi connectivity index (χ1) is 20.3. The summed E-state index contributed by atoms with van der Waals surface area (Å²) in [5.74, 6) is 0.590. The highest BCUT2D eigenvalue weighted by molar-refractivity contribution is 8.13. The van der Waals surface area contributed by atoms with E-state index in [0.717, 1.165) is 12.8 Å². The van der Waals surface area contributed by atoms with Gasteiger partial charge in [0.2, 0.25) is 0 Å². The normalized spacial score (nSPS) is 14.4. The van der Waals surface area contributed by atoms with Crippen molar-refractivity contribution in [3.63, 3.8) is 0 Å². The van der Waals surface area contributed by atoms with Gasteiger partial charge in [0.1, 0.15) is 6.61 Å². The van der Waals surface area contributed by atoms with Crippen LogP contribution in [0.15, 0.2) is 0 Å².